The van der Waals surface area contributed by atoms with Gasteiger partial charge in [-0.05, 0) is 64.9 Å². The maximum Gasteiger partial charge on any atom is 0.221 e. The van der Waals surface area contributed by atoms with E-state index in [1.165, 1.54) is 16.7 Å². The van der Waals surface area contributed by atoms with E-state index in [4.69, 9.17) is 9.47 Å². The topological polar surface area (TPSA) is 31.4 Å². The summed E-state index contributed by atoms with van der Waals surface area (Å²) in [5.41, 5.74) is 7.97. The number of rotatable bonds is 10. The molecule has 4 aromatic rings. The molecule has 0 spiro atoms. The van der Waals surface area contributed by atoms with Gasteiger partial charge in [0, 0.05) is 17.3 Å². The van der Waals surface area contributed by atoms with Gasteiger partial charge in [-0.25, -0.2) is 4.98 Å². The first-order valence-corrected chi connectivity index (χ1v) is 12.3. The molecule has 0 amide bonds. The molecule has 1 aromatic heterocycles. The van der Waals surface area contributed by atoms with Gasteiger partial charge in [0.25, 0.3) is 0 Å². The first-order chi connectivity index (χ1) is 17.2. The standard InChI is InChI=1S/C32H33NO2/c1-4-12-27-21-29(30-17-11-20-33-32(30)35-23-24-13-7-6-8-14-24)22-28(31(27)34-3)19-18-26-16-10-9-15-25(26)5-2/h6-11,13-22H,4-5,12,23H2,1-3H3. The minimum absolute atomic E-state index is 0.476. The number of benzene rings is 3. The van der Waals surface area contributed by atoms with Crippen molar-refractivity contribution in [2.75, 3.05) is 7.11 Å². The zero-order valence-electron chi connectivity index (χ0n) is 20.8. The summed E-state index contributed by atoms with van der Waals surface area (Å²) >= 11 is 0. The Balaban J connectivity index is 1.74. The molecule has 0 aliphatic rings. The van der Waals surface area contributed by atoms with E-state index in [2.05, 4.69) is 85.6 Å². The van der Waals surface area contributed by atoms with Crippen molar-refractivity contribution in [1.82, 2.24) is 4.98 Å². The molecule has 0 atom stereocenters. The van der Waals surface area contributed by atoms with Gasteiger partial charge < -0.3 is 9.47 Å². The third kappa shape index (κ3) is 5.99. The van der Waals surface area contributed by atoms with Crippen LogP contribution in [0.4, 0.5) is 0 Å². The summed E-state index contributed by atoms with van der Waals surface area (Å²) < 4.78 is 12.1. The lowest BCUT2D eigenvalue weighted by atomic mass is 9.96. The van der Waals surface area contributed by atoms with Crippen LogP contribution in [0, 0.1) is 0 Å². The average molecular weight is 464 g/mol. The van der Waals surface area contributed by atoms with Crippen LogP contribution < -0.4 is 9.47 Å². The van der Waals surface area contributed by atoms with Crippen molar-refractivity contribution in [2.45, 2.75) is 39.7 Å². The lowest BCUT2D eigenvalue weighted by Gasteiger charge is -2.16. The van der Waals surface area contributed by atoms with Crippen LogP contribution in [0.15, 0.2) is 85.1 Å². The monoisotopic (exact) mass is 463 g/mol. The highest BCUT2D eigenvalue weighted by Crippen LogP contribution is 2.36. The summed E-state index contributed by atoms with van der Waals surface area (Å²) in [7, 11) is 1.75. The number of hydrogen-bond acceptors (Lipinski definition) is 3. The molecule has 4 rings (SSSR count). The molecule has 3 aromatic carbocycles. The Morgan fingerprint density at radius 1 is 0.800 bits per heavy atom. The van der Waals surface area contributed by atoms with E-state index in [0.29, 0.717) is 12.5 Å². The molecule has 178 valence electrons. The van der Waals surface area contributed by atoms with Gasteiger partial charge in [-0.15, -0.1) is 0 Å². The molecule has 35 heavy (non-hydrogen) atoms. The fraction of sp³-hybridized carbons (Fsp3) is 0.219. The van der Waals surface area contributed by atoms with E-state index in [0.717, 1.165) is 47.3 Å². The number of ether oxygens (including phenoxy) is 2. The van der Waals surface area contributed by atoms with Gasteiger partial charge in [0.2, 0.25) is 5.88 Å². The lowest BCUT2D eigenvalue weighted by Crippen LogP contribution is -2.00. The minimum atomic E-state index is 0.476. The number of nitrogens with zero attached hydrogens (tertiary/aromatic N) is 1. The lowest BCUT2D eigenvalue weighted by molar-refractivity contribution is 0.295. The number of pyridine rings is 1. The molecule has 0 fully saturated rings. The second-order valence-electron chi connectivity index (χ2n) is 8.52. The van der Waals surface area contributed by atoms with Crippen molar-refractivity contribution in [3.8, 4) is 22.8 Å². The normalized spacial score (nSPS) is 11.1. The SMILES string of the molecule is CCCc1cc(-c2cccnc2OCc2ccccc2)cc(C=Cc2ccccc2CC)c1OC. The molecular weight excluding hydrogens is 430 g/mol. The van der Waals surface area contributed by atoms with Crippen LogP contribution in [0.3, 0.4) is 0 Å². The molecule has 0 N–H and O–H groups in total. The fourth-order valence-electron chi connectivity index (χ4n) is 4.35. The van der Waals surface area contributed by atoms with Crippen molar-refractivity contribution in [3.05, 3.63) is 113 Å². The summed E-state index contributed by atoms with van der Waals surface area (Å²) in [6, 6.07) is 27.1. The van der Waals surface area contributed by atoms with E-state index in [-0.39, 0.29) is 0 Å². The van der Waals surface area contributed by atoms with Crippen molar-refractivity contribution >= 4 is 12.2 Å². The fourth-order valence-corrected chi connectivity index (χ4v) is 4.35. The van der Waals surface area contributed by atoms with E-state index < -0.39 is 0 Å². The molecule has 0 saturated heterocycles. The minimum Gasteiger partial charge on any atom is -0.496 e. The predicted molar refractivity (Wildman–Crippen MR) is 146 cm³/mol. The smallest absolute Gasteiger partial charge is 0.221 e. The van der Waals surface area contributed by atoms with Gasteiger partial charge in [-0.2, -0.15) is 0 Å². The Morgan fingerprint density at radius 2 is 1.57 bits per heavy atom. The summed E-state index contributed by atoms with van der Waals surface area (Å²) in [5, 5.41) is 0. The van der Waals surface area contributed by atoms with Gasteiger partial charge in [0.15, 0.2) is 0 Å². The average Bonchev–Trinajstić information content (AvgIpc) is 2.91. The Labute approximate surface area is 209 Å². The zero-order valence-corrected chi connectivity index (χ0v) is 20.8. The van der Waals surface area contributed by atoms with Crippen LogP contribution in [0.25, 0.3) is 23.3 Å². The molecule has 0 radical (unpaired) electrons. The number of methoxy groups -OCH3 is 1. The van der Waals surface area contributed by atoms with Crippen molar-refractivity contribution in [3.63, 3.8) is 0 Å². The Bertz CT molecular complexity index is 1280. The van der Waals surface area contributed by atoms with Crippen molar-refractivity contribution in [1.29, 1.82) is 0 Å². The number of aryl methyl sites for hydroxylation is 2. The van der Waals surface area contributed by atoms with Crippen LogP contribution in [-0.4, -0.2) is 12.1 Å². The van der Waals surface area contributed by atoms with Crippen LogP contribution in [-0.2, 0) is 19.4 Å². The van der Waals surface area contributed by atoms with E-state index in [1.807, 2.05) is 24.3 Å². The van der Waals surface area contributed by atoms with Gasteiger partial charge in [-0.1, -0.05) is 87.0 Å². The van der Waals surface area contributed by atoms with E-state index in [1.54, 1.807) is 13.3 Å². The van der Waals surface area contributed by atoms with Crippen LogP contribution >= 0.6 is 0 Å². The van der Waals surface area contributed by atoms with E-state index >= 15 is 0 Å². The van der Waals surface area contributed by atoms with Crippen LogP contribution in [0.1, 0.15) is 48.1 Å². The van der Waals surface area contributed by atoms with Gasteiger partial charge in [0.1, 0.15) is 12.4 Å². The van der Waals surface area contributed by atoms with Gasteiger partial charge in [0.05, 0.1) is 7.11 Å². The molecule has 3 nitrogen and oxygen atoms in total. The van der Waals surface area contributed by atoms with Crippen LogP contribution in [0.5, 0.6) is 11.6 Å². The Kier molecular flexibility index (Phi) is 8.34. The quantitative estimate of drug-likeness (QED) is 0.223. The molecular formula is C32H33NO2. The Morgan fingerprint density at radius 3 is 2.34 bits per heavy atom. The maximum absolute atomic E-state index is 6.17. The van der Waals surface area contributed by atoms with Crippen molar-refractivity contribution < 1.29 is 9.47 Å². The summed E-state index contributed by atoms with van der Waals surface area (Å²) in [4.78, 5) is 4.56. The molecule has 0 bridgehead atoms. The summed E-state index contributed by atoms with van der Waals surface area (Å²) in [5.74, 6) is 1.56. The highest BCUT2D eigenvalue weighted by atomic mass is 16.5. The summed E-state index contributed by atoms with van der Waals surface area (Å²) in [6.07, 6.45) is 9.10. The molecule has 0 aliphatic heterocycles. The molecule has 3 heteroatoms. The Hall–Kier alpha value is -3.85. The first-order valence-electron chi connectivity index (χ1n) is 12.3. The third-order valence-corrected chi connectivity index (χ3v) is 6.10. The number of aromatic nitrogens is 1. The highest BCUT2D eigenvalue weighted by Gasteiger charge is 2.15. The maximum atomic E-state index is 6.17. The third-order valence-electron chi connectivity index (χ3n) is 6.10. The second kappa shape index (κ2) is 12.0. The number of hydrogen-bond donors (Lipinski definition) is 0. The molecule has 1 heterocycles. The van der Waals surface area contributed by atoms with Crippen LogP contribution in [0.2, 0.25) is 0 Å². The summed E-state index contributed by atoms with van der Waals surface area (Å²) in [6.45, 7) is 4.85. The predicted octanol–water partition coefficient (Wildman–Crippen LogP) is 8.02. The molecule has 0 saturated carbocycles. The second-order valence-corrected chi connectivity index (χ2v) is 8.52. The highest BCUT2D eigenvalue weighted by molar-refractivity contribution is 5.80. The largest absolute Gasteiger partial charge is 0.496 e. The van der Waals surface area contributed by atoms with Gasteiger partial charge >= 0.3 is 0 Å². The zero-order chi connectivity index (χ0) is 24.5. The first kappa shape index (κ1) is 24.3. The molecule has 0 aliphatic carbocycles. The van der Waals surface area contributed by atoms with Crippen molar-refractivity contribution in [2.24, 2.45) is 0 Å². The molecule has 0 unspecified atom stereocenters. The van der Waals surface area contributed by atoms with E-state index in [9.17, 15) is 0 Å². The van der Waals surface area contributed by atoms with Gasteiger partial charge in [-0.3, -0.25) is 0 Å².